The van der Waals surface area contributed by atoms with Gasteiger partial charge in [-0.1, -0.05) is 20.8 Å². The lowest BCUT2D eigenvalue weighted by atomic mass is 9.80. The molecule has 2 heterocycles. The first-order valence-electron chi connectivity index (χ1n) is 5.80. The maximum atomic E-state index is 12.2. The summed E-state index contributed by atoms with van der Waals surface area (Å²) in [6.45, 7) is 7.67. The van der Waals surface area contributed by atoms with Crippen LogP contribution in [0.3, 0.4) is 0 Å². The van der Waals surface area contributed by atoms with Crippen LogP contribution in [0, 0.1) is 11.3 Å². The monoisotopic (exact) mass is 257 g/mol. The van der Waals surface area contributed by atoms with Gasteiger partial charge in [0.15, 0.2) is 5.03 Å². The maximum absolute atomic E-state index is 12.2. The summed E-state index contributed by atoms with van der Waals surface area (Å²) >= 11 is 0. The third kappa shape index (κ3) is 2.37. The van der Waals surface area contributed by atoms with Crippen LogP contribution in [0.1, 0.15) is 27.2 Å². The molecule has 1 aromatic rings. The zero-order valence-corrected chi connectivity index (χ0v) is 11.3. The quantitative estimate of drug-likeness (QED) is 0.872. The second-order valence-electron chi connectivity index (χ2n) is 5.63. The minimum Gasteiger partial charge on any atom is -0.335 e. The molecule has 0 amide bonds. The van der Waals surface area contributed by atoms with Crippen LogP contribution in [-0.2, 0) is 10.0 Å². The third-order valence-corrected chi connectivity index (χ3v) is 5.26. The topological polar surface area (TPSA) is 66.1 Å². The number of H-pyrrole nitrogens is 1. The fraction of sp³-hybridized carbons (Fsp3) is 0.727. The Morgan fingerprint density at radius 1 is 1.47 bits per heavy atom. The molecule has 0 bridgehead atoms. The first-order chi connectivity index (χ1) is 7.82. The van der Waals surface area contributed by atoms with E-state index in [2.05, 4.69) is 30.7 Å². The van der Waals surface area contributed by atoms with E-state index in [4.69, 9.17) is 0 Å². The molecule has 1 aliphatic heterocycles. The minimum atomic E-state index is -3.37. The molecule has 6 heteroatoms. The van der Waals surface area contributed by atoms with Gasteiger partial charge in [0.05, 0.1) is 12.5 Å². The molecule has 96 valence electrons. The van der Waals surface area contributed by atoms with Crippen molar-refractivity contribution in [1.82, 2.24) is 14.3 Å². The average Bonchev–Trinajstić information content (AvgIpc) is 2.89. The molecular formula is C11H19N3O2S. The molecule has 1 unspecified atom stereocenters. The Labute approximate surface area is 102 Å². The normalized spacial score (nSPS) is 23.1. The van der Waals surface area contributed by atoms with Crippen LogP contribution in [0.25, 0.3) is 0 Å². The van der Waals surface area contributed by atoms with Crippen LogP contribution in [0.5, 0.6) is 0 Å². The van der Waals surface area contributed by atoms with Gasteiger partial charge in [-0.25, -0.2) is 13.4 Å². The molecule has 0 radical (unpaired) electrons. The Bertz CT molecular complexity index is 473. The van der Waals surface area contributed by atoms with Crippen LogP contribution in [0.2, 0.25) is 0 Å². The maximum Gasteiger partial charge on any atom is 0.260 e. The highest BCUT2D eigenvalue weighted by Gasteiger charge is 2.38. The van der Waals surface area contributed by atoms with Crippen LogP contribution >= 0.6 is 0 Å². The van der Waals surface area contributed by atoms with Crippen LogP contribution in [0.15, 0.2) is 17.6 Å². The number of sulfonamides is 1. The van der Waals surface area contributed by atoms with Gasteiger partial charge in [0.1, 0.15) is 0 Å². The molecule has 1 aromatic heterocycles. The van der Waals surface area contributed by atoms with E-state index in [1.807, 2.05) is 0 Å². The summed E-state index contributed by atoms with van der Waals surface area (Å²) in [5.74, 6) is 0.417. The number of imidazole rings is 1. The molecule has 1 aliphatic rings. The molecule has 1 N–H and O–H groups in total. The number of hydrogen-bond donors (Lipinski definition) is 1. The number of rotatable bonds is 2. The number of aromatic amines is 1. The Hall–Kier alpha value is -0.880. The first kappa shape index (κ1) is 12.6. The van der Waals surface area contributed by atoms with Gasteiger partial charge in [-0.3, -0.25) is 0 Å². The van der Waals surface area contributed by atoms with Crippen molar-refractivity contribution in [2.24, 2.45) is 11.3 Å². The molecule has 0 aromatic carbocycles. The van der Waals surface area contributed by atoms with Crippen molar-refractivity contribution in [3.8, 4) is 0 Å². The highest BCUT2D eigenvalue weighted by Crippen LogP contribution is 2.35. The number of nitrogens with zero attached hydrogens (tertiary/aromatic N) is 2. The fourth-order valence-electron chi connectivity index (χ4n) is 2.18. The van der Waals surface area contributed by atoms with E-state index in [-0.39, 0.29) is 10.4 Å². The van der Waals surface area contributed by atoms with E-state index in [0.29, 0.717) is 19.0 Å². The second kappa shape index (κ2) is 4.10. The van der Waals surface area contributed by atoms with Gasteiger partial charge < -0.3 is 4.98 Å². The Morgan fingerprint density at radius 2 is 2.18 bits per heavy atom. The average molecular weight is 257 g/mol. The van der Waals surface area contributed by atoms with E-state index in [1.54, 1.807) is 4.31 Å². The standard InChI is InChI=1S/C11H19N3O2S/c1-11(2,3)9-4-5-14(7-9)17(15,16)10-6-12-8-13-10/h6,8-9H,4-5,7H2,1-3H3,(H,12,13). The molecule has 17 heavy (non-hydrogen) atoms. The number of aromatic nitrogens is 2. The van der Waals surface area contributed by atoms with Crippen molar-refractivity contribution in [2.45, 2.75) is 32.2 Å². The summed E-state index contributed by atoms with van der Waals surface area (Å²) in [7, 11) is -3.37. The fourth-order valence-corrected chi connectivity index (χ4v) is 3.57. The summed E-state index contributed by atoms with van der Waals surface area (Å²) < 4.78 is 26.0. The van der Waals surface area contributed by atoms with Crippen LogP contribution < -0.4 is 0 Å². The summed E-state index contributed by atoms with van der Waals surface area (Å²) in [5, 5.41) is 0.187. The third-order valence-electron chi connectivity index (χ3n) is 3.47. The number of nitrogens with one attached hydrogen (secondary N) is 1. The van der Waals surface area contributed by atoms with Gasteiger partial charge >= 0.3 is 0 Å². The highest BCUT2D eigenvalue weighted by atomic mass is 32.2. The SMILES string of the molecule is CC(C)(C)C1CCN(S(=O)(=O)c2cnc[nH]2)C1. The Balaban J connectivity index is 2.17. The van der Waals surface area contributed by atoms with Gasteiger partial charge in [-0.15, -0.1) is 0 Å². The van der Waals surface area contributed by atoms with Gasteiger partial charge in [-0.05, 0) is 17.8 Å². The lowest BCUT2D eigenvalue weighted by molar-refractivity contribution is 0.252. The van der Waals surface area contributed by atoms with Crippen molar-refractivity contribution in [2.75, 3.05) is 13.1 Å². The molecule has 0 aliphatic carbocycles. The van der Waals surface area contributed by atoms with Gasteiger partial charge in [-0.2, -0.15) is 4.31 Å². The first-order valence-corrected chi connectivity index (χ1v) is 7.24. The zero-order chi connectivity index (χ0) is 12.7. The predicted octanol–water partition coefficient (Wildman–Crippen LogP) is 1.47. The molecule has 0 spiro atoms. The summed E-state index contributed by atoms with van der Waals surface area (Å²) in [4.78, 5) is 6.43. The lowest BCUT2D eigenvalue weighted by Crippen LogP contribution is -2.31. The number of hydrogen-bond acceptors (Lipinski definition) is 3. The lowest BCUT2D eigenvalue weighted by Gasteiger charge is -2.26. The zero-order valence-electron chi connectivity index (χ0n) is 10.5. The summed E-state index contributed by atoms with van der Waals surface area (Å²) in [5.41, 5.74) is 0.151. The van der Waals surface area contributed by atoms with Gasteiger partial charge in [0.2, 0.25) is 0 Å². The van der Waals surface area contributed by atoms with Crippen molar-refractivity contribution < 1.29 is 8.42 Å². The summed E-state index contributed by atoms with van der Waals surface area (Å²) in [6, 6.07) is 0. The molecule has 1 fully saturated rings. The molecule has 1 saturated heterocycles. The van der Waals surface area contributed by atoms with Crippen LogP contribution in [0.4, 0.5) is 0 Å². The molecule has 1 atom stereocenters. The van der Waals surface area contributed by atoms with Crippen LogP contribution in [-0.4, -0.2) is 35.8 Å². The van der Waals surface area contributed by atoms with Crippen molar-refractivity contribution in [1.29, 1.82) is 0 Å². The minimum absolute atomic E-state index is 0.151. The van der Waals surface area contributed by atoms with Gasteiger partial charge in [0, 0.05) is 13.1 Å². The molecule has 5 nitrogen and oxygen atoms in total. The van der Waals surface area contributed by atoms with E-state index in [0.717, 1.165) is 6.42 Å². The Morgan fingerprint density at radius 3 is 2.65 bits per heavy atom. The van der Waals surface area contributed by atoms with E-state index >= 15 is 0 Å². The largest absolute Gasteiger partial charge is 0.335 e. The molecular weight excluding hydrogens is 238 g/mol. The van der Waals surface area contributed by atoms with E-state index in [9.17, 15) is 8.42 Å². The van der Waals surface area contributed by atoms with E-state index in [1.165, 1.54) is 12.5 Å². The van der Waals surface area contributed by atoms with E-state index < -0.39 is 10.0 Å². The predicted molar refractivity (Wildman–Crippen MR) is 64.9 cm³/mol. The Kier molecular flexibility index (Phi) is 3.03. The van der Waals surface area contributed by atoms with Crippen molar-refractivity contribution >= 4 is 10.0 Å². The summed E-state index contributed by atoms with van der Waals surface area (Å²) in [6.07, 6.45) is 3.68. The molecule has 0 saturated carbocycles. The second-order valence-corrected chi connectivity index (χ2v) is 7.54. The smallest absolute Gasteiger partial charge is 0.260 e. The van der Waals surface area contributed by atoms with Crippen molar-refractivity contribution in [3.05, 3.63) is 12.5 Å². The van der Waals surface area contributed by atoms with Crippen molar-refractivity contribution in [3.63, 3.8) is 0 Å². The molecule has 2 rings (SSSR count). The highest BCUT2D eigenvalue weighted by molar-refractivity contribution is 7.89. The van der Waals surface area contributed by atoms with Gasteiger partial charge in [0.25, 0.3) is 10.0 Å².